The molecule has 1 atom stereocenters. The van der Waals surface area contributed by atoms with Gasteiger partial charge in [0.25, 0.3) is 0 Å². The summed E-state index contributed by atoms with van der Waals surface area (Å²) in [5.74, 6) is 1.07. The Morgan fingerprint density at radius 3 is 2.35 bits per heavy atom. The first-order valence-electron chi connectivity index (χ1n) is 12.1. The van der Waals surface area contributed by atoms with E-state index in [1.807, 2.05) is 64.4 Å². The van der Waals surface area contributed by atoms with E-state index in [0.29, 0.717) is 26.0 Å². The molecule has 0 spiro atoms. The molecule has 2 aliphatic heterocycles. The molecule has 0 saturated carbocycles. The lowest BCUT2D eigenvalue weighted by Gasteiger charge is -2.43. The predicted molar refractivity (Wildman–Crippen MR) is 137 cm³/mol. The zero-order chi connectivity index (χ0) is 24.0. The van der Waals surface area contributed by atoms with E-state index >= 15 is 0 Å². The number of halogens is 1. The molecule has 2 aromatic rings. The van der Waals surface area contributed by atoms with Gasteiger partial charge >= 0.3 is 0 Å². The lowest BCUT2D eigenvalue weighted by Crippen LogP contribution is -2.53. The van der Waals surface area contributed by atoms with Crippen LogP contribution < -0.4 is 4.74 Å². The number of rotatable bonds is 7. The molecule has 2 fully saturated rings. The smallest absolute Gasteiger partial charge is 0.227 e. The van der Waals surface area contributed by atoms with Crippen molar-refractivity contribution in [3.8, 4) is 5.75 Å². The number of likely N-dealkylation sites (tertiary alicyclic amines) is 1. The van der Waals surface area contributed by atoms with Crippen LogP contribution >= 0.6 is 15.9 Å². The highest BCUT2D eigenvalue weighted by atomic mass is 79.9. The van der Waals surface area contributed by atoms with E-state index < -0.39 is 5.41 Å². The van der Waals surface area contributed by atoms with Crippen LogP contribution in [0.15, 0.2) is 59.1 Å². The van der Waals surface area contributed by atoms with E-state index in [-0.39, 0.29) is 11.8 Å². The molecule has 4 rings (SSSR count). The maximum absolute atomic E-state index is 13.3. The molecule has 2 heterocycles. The van der Waals surface area contributed by atoms with Crippen LogP contribution in [0.2, 0.25) is 0 Å². The first-order chi connectivity index (χ1) is 16.4. The second-order valence-electron chi connectivity index (χ2n) is 9.65. The number of carbonyl (C=O) groups is 2. The first-order valence-corrected chi connectivity index (χ1v) is 12.9. The zero-order valence-corrected chi connectivity index (χ0v) is 21.5. The van der Waals surface area contributed by atoms with Gasteiger partial charge in [0.2, 0.25) is 11.8 Å². The highest BCUT2D eigenvalue weighted by molar-refractivity contribution is 9.10. The molecule has 1 unspecified atom stereocenters. The van der Waals surface area contributed by atoms with Crippen molar-refractivity contribution in [1.29, 1.82) is 0 Å². The number of carbonyl (C=O) groups excluding carboxylic acids is 2. The Balaban J connectivity index is 1.48. The molecule has 34 heavy (non-hydrogen) atoms. The van der Waals surface area contributed by atoms with Gasteiger partial charge in [0.05, 0.1) is 13.0 Å². The molecule has 182 valence electrons. The molecule has 2 saturated heterocycles. The average molecular weight is 528 g/mol. The molecule has 0 N–H and O–H groups in total. The van der Waals surface area contributed by atoms with Crippen molar-refractivity contribution < 1.29 is 14.3 Å². The van der Waals surface area contributed by atoms with Gasteiger partial charge in [0, 0.05) is 55.6 Å². The highest BCUT2D eigenvalue weighted by Crippen LogP contribution is 2.36. The number of piperazine rings is 1. The van der Waals surface area contributed by atoms with Crippen molar-refractivity contribution in [2.45, 2.75) is 25.7 Å². The molecule has 2 amide bonds. The average Bonchev–Trinajstić information content (AvgIpc) is 2.85. The Kier molecular flexibility index (Phi) is 8.27. The number of ether oxygens (including phenoxy) is 1. The predicted octanol–water partition coefficient (Wildman–Crippen LogP) is 3.84. The van der Waals surface area contributed by atoms with Crippen LogP contribution in [0, 0.1) is 5.41 Å². The number of amides is 2. The minimum Gasteiger partial charge on any atom is -0.493 e. The van der Waals surface area contributed by atoms with Gasteiger partial charge in [-0.05, 0) is 43.7 Å². The Morgan fingerprint density at radius 1 is 0.912 bits per heavy atom. The summed E-state index contributed by atoms with van der Waals surface area (Å²) in [6, 6.07) is 17.6. The molecule has 0 radical (unpaired) electrons. The fraction of sp³-hybridized carbons (Fsp3) is 0.481. The van der Waals surface area contributed by atoms with Crippen LogP contribution in [0.3, 0.4) is 0 Å². The normalized spacial score (nSPS) is 21.4. The summed E-state index contributed by atoms with van der Waals surface area (Å²) in [7, 11) is 2.09. The molecule has 2 aromatic carbocycles. The molecule has 7 heteroatoms. The second-order valence-corrected chi connectivity index (χ2v) is 10.5. The molecule has 2 aliphatic rings. The van der Waals surface area contributed by atoms with Gasteiger partial charge in [-0.1, -0.05) is 52.3 Å². The summed E-state index contributed by atoms with van der Waals surface area (Å²) in [5.41, 5.74) is 0.593. The SMILES string of the molecule is CN1CCN(C(=O)CC2(COc3ccccc3)CCCN(C(=O)Cc3ccccc3Br)C2)CC1. The van der Waals surface area contributed by atoms with Gasteiger partial charge < -0.3 is 19.4 Å². The van der Waals surface area contributed by atoms with E-state index in [9.17, 15) is 9.59 Å². The number of hydrogen-bond acceptors (Lipinski definition) is 4. The van der Waals surface area contributed by atoms with Crippen molar-refractivity contribution >= 4 is 27.7 Å². The van der Waals surface area contributed by atoms with Crippen LogP contribution in [-0.2, 0) is 16.0 Å². The summed E-state index contributed by atoms with van der Waals surface area (Å²) < 4.78 is 7.14. The summed E-state index contributed by atoms with van der Waals surface area (Å²) in [5, 5.41) is 0. The van der Waals surface area contributed by atoms with Gasteiger partial charge in [-0.25, -0.2) is 0 Å². The van der Waals surface area contributed by atoms with E-state index in [1.165, 1.54) is 0 Å². The lowest BCUT2D eigenvalue weighted by atomic mass is 9.77. The number of nitrogens with zero attached hydrogens (tertiary/aromatic N) is 3. The number of piperidine rings is 1. The third-order valence-electron chi connectivity index (χ3n) is 6.98. The van der Waals surface area contributed by atoms with Gasteiger partial charge in [-0.3, -0.25) is 9.59 Å². The van der Waals surface area contributed by atoms with Crippen LogP contribution in [-0.4, -0.2) is 79.4 Å². The third kappa shape index (κ3) is 6.39. The molecule has 0 bridgehead atoms. The van der Waals surface area contributed by atoms with Crippen LogP contribution in [0.1, 0.15) is 24.8 Å². The molecule has 6 nitrogen and oxygen atoms in total. The van der Waals surface area contributed by atoms with Crippen molar-refractivity contribution in [1.82, 2.24) is 14.7 Å². The lowest BCUT2D eigenvalue weighted by molar-refractivity contribution is -0.142. The number of likely N-dealkylation sites (N-methyl/N-ethyl adjacent to an activating group) is 1. The van der Waals surface area contributed by atoms with Gasteiger partial charge in [-0.2, -0.15) is 0 Å². The fourth-order valence-corrected chi connectivity index (χ4v) is 5.32. The molecular weight excluding hydrogens is 494 g/mol. The number of benzene rings is 2. The van der Waals surface area contributed by atoms with Crippen LogP contribution in [0.25, 0.3) is 0 Å². The van der Waals surface area contributed by atoms with E-state index in [0.717, 1.165) is 61.4 Å². The topological polar surface area (TPSA) is 53.1 Å². The summed E-state index contributed by atoms with van der Waals surface area (Å²) in [6.07, 6.45) is 2.50. The van der Waals surface area contributed by atoms with Gasteiger partial charge in [0.15, 0.2) is 0 Å². The summed E-state index contributed by atoms with van der Waals surface area (Å²) in [4.78, 5) is 32.8. The standard InChI is InChI=1S/C27H34BrN3O3/c1-29-14-16-30(17-15-29)26(33)19-27(21-34-23-9-3-2-4-10-23)12-7-13-31(20-27)25(32)18-22-8-5-6-11-24(22)28/h2-6,8-11H,7,12-21H2,1H3. The van der Waals surface area contributed by atoms with Crippen molar-refractivity contribution in [3.63, 3.8) is 0 Å². The van der Waals surface area contributed by atoms with Gasteiger partial charge in [-0.15, -0.1) is 0 Å². The minimum atomic E-state index is -0.391. The fourth-order valence-electron chi connectivity index (χ4n) is 4.89. The highest BCUT2D eigenvalue weighted by Gasteiger charge is 2.41. The van der Waals surface area contributed by atoms with Gasteiger partial charge in [0.1, 0.15) is 5.75 Å². The van der Waals surface area contributed by atoms with E-state index in [1.54, 1.807) is 0 Å². The van der Waals surface area contributed by atoms with Crippen LogP contribution in [0.4, 0.5) is 0 Å². The summed E-state index contributed by atoms with van der Waals surface area (Å²) >= 11 is 3.56. The maximum atomic E-state index is 13.3. The van der Waals surface area contributed by atoms with E-state index in [4.69, 9.17) is 4.74 Å². The zero-order valence-electron chi connectivity index (χ0n) is 19.9. The largest absolute Gasteiger partial charge is 0.493 e. The molecule has 0 aromatic heterocycles. The Labute approximate surface area is 211 Å². The Morgan fingerprint density at radius 2 is 1.62 bits per heavy atom. The number of para-hydroxylation sites is 1. The van der Waals surface area contributed by atoms with Crippen molar-refractivity contribution in [2.75, 3.05) is 52.9 Å². The van der Waals surface area contributed by atoms with Crippen molar-refractivity contribution in [2.24, 2.45) is 5.41 Å². The molecule has 0 aliphatic carbocycles. The Bertz CT molecular complexity index is 978. The maximum Gasteiger partial charge on any atom is 0.227 e. The van der Waals surface area contributed by atoms with E-state index in [2.05, 4.69) is 27.9 Å². The first kappa shape index (κ1) is 24.7. The third-order valence-corrected chi connectivity index (χ3v) is 7.76. The quantitative estimate of drug-likeness (QED) is 0.548. The summed E-state index contributed by atoms with van der Waals surface area (Å²) in [6.45, 7) is 5.01. The number of hydrogen-bond donors (Lipinski definition) is 0. The Hall–Kier alpha value is -2.38. The monoisotopic (exact) mass is 527 g/mol. The van der Waals surface area contributed by atoms with Crippen LogP contribution in [0.5, 0.6) is 5.75 Å². The van der Waals surface area contributed by atoms with Crippen molar-refractivity contribution in [3.05, 3.63) is 64.6 Å². The minimum absolute atomic E-state index is 0.0998. The molecular formula is C27H34BrN3O3. The second kappa shape index (κ2) is 11.4.